The van der Waals surface area contributed by atoms with Crippen LogP contribution in [0.1, 0.15) is 18.4 Å². The number of anilines is 1. The van der Waals surface area contributed by atoms with E-state index in [9.17, 15) is 9.18 Å². The van der Waals surface area contributed by atoms with Crippen molar-refractivity contribution in [1.29, 1.82) is 0 Å². The molecule has 0 bridgehead atoms. The maximum Gasteiger partial charge on any atom is 0.224 e. The number of carbonyl (C=O) groups is 1. The number of amides is 1. The second kappa shape index (κ2) is 9.48. The first-order valence-corrected chi connectivity index (χ1v) is 10.3. The van der Waals surface area contributed by atoms with Crippen molar-refractivity contribution in [1.82, 2.24) is 15.3 Å². The summed E-state index contributed by atoms with van der Waals surface area (Å²) in [5, 5.41) is 3.03. The van der Waals surface area contributed by atoms with Gasteiger partial charge >= 0.3 is 0 Å². The van der Waals surface area contributed by atoms with Gasteiger partial charge in [-0.3, -0.25) is 4.79 Å². The molecular weight excluding hydrogens is 379 g/mol. The Morgan fingerprint density at radius 3 is 2.70 bits per heavy atom. The van der Waals surface area contributed by atoms with Gasteiger partial charge in [-0.25, -0.2) is 14.4 Å². The highest BCUT2D eigenvalue weighted by Crippen LogP contribution is 2.25. The summed E-state index contributed by atoms with van der Waals surface area (Å²) in [5.41, 5.74) is 2.94. The van der Waals surface area contributed by atoms with Crippen molar-refractivity contribution in [2.24, 2.45) is 5.92 Å². The normalized spacial score (nSPS) is 16.3. The smallest absolute Gasteiger partial charge is 0.224 e. The van der Waals surface area contributed by atoms with Crippen molar-refractivity contribution >= 4 is 11.7 Å². The summed E-state index contributed by atoms with van der Waals surface area (Å²) in [6.07, 6.45) is 4.09. The Morgan fingerprint density at radius 1 is 1.10 bits per heavy atom. The first kappa shape index (κ1) is 20.0. The van der Waals surface area contributed by atoms with E-state index in [-0.39, 0.29) is 17.6 Å². The number of carbonyl (C=O) groups excluding carboxylic acids is 1. The summed E-state index contributed by atoms with van der Waals surface area (Å²) < 4.78 is 13.0. The maximum atomic E-state index is 13.0. The van der Waals surface area contributed by atoms with E-state index in [2.05, 4.69) is 20.2 Å². The fourth-order valence-electron chi connectivity index (χ4n) is 3.81. The van der Waals surface area contributed by atoms with Crippen molar-refractivity contribution in [3.05, 3.63) is 78.4 Å². The third kappa shape index (κ3) is 5.00. The van der Waals surface area contributed by atoms with Gasteiger partial charge in [-0.05, 0) is 37.0 Å². The molecule has 0 radical (unpaired) electrons. The number of hydrogen-bond donors (Lipinski definition) is 1. The Kier molecular flexibility index (Phi) is 6.32. The van der Waals surface area contributed by atoms with Crippen LogP contribution in [-0.4, -0.2) is 35.5 Å². The van der Waals surface area contributed by atoms with Crippen LogP contribution < -0.4 is 10.2 Å². The van der Waals surface area contributed by atoms with Crippen molar-refractivity contribution in [3.63, 3.8) is 0 Å². The molecule has 1 N–H and O–H groups in total. The number of aromatic nitrogens is 2. The highest BCUT2D eigenvalue weighted by atomic mass is 19.1. The van der Waals surface area contributed by atoms with Crippen LogP contribution in [0.15, 0.2) is 67.0 Å². The van der Waals surface area contributed by atoms with Crippen molar-refractivity contribution in [2.45, 2.75) is 19.3 Å². The van der Waals surface area contributed by atoms with Gasteiger partial charge in [0.1, 0.15) is 18.0 Å². The topological polar surface area (TPSA) is 58.1 Å². The monoisotopic (exact) mass is 404 g/mol. The molecule has 1 aromatic heterocycles. The molecule has 2 heterocycles. The quantitative estimate of drug-likeness (QED) is 0.678. The molecular formula is C24H25FN4O. The molecule has 1 aliphatic heterocycles. The van der Waals surface area contributed by atoms with E-state index in [1.54, 1.807) is 18.5 Å². The lowest BCUT2D eigenvalue weighted by Gasteiger charge is -2.33. The number of nitrogens with one attached hydrogen (secondary N) is 1. The zero-order valence-electron chi connectivity index (χ0n) is 16.8. The molecule has 6 heteroatoms. The van der Waals surface area contributed by atoms with Crippen LogP contribution in [0.25, 0.3) is 11.3 Å². The molecule has 1 amide bonds. The Hall–Kier alpha value is -3.28. The number of nitrogens with zero attached hydrogens (tertiary/aromatic N) is 3. The van der Waals surface area contributed by atoms with E-state index in [1.165, 1.54) is 12.1 Å². The van der Waals surface area contributed by atoms with Crippen LogP contribution >= 0.6 is 0 Å². The Balaban J connectivity index is 1.35. The average Bonchev–Trinajstić information content (AvgIpc) is 2.81. The molecule has 4 rings (SSSR count). The fourth-order valence-corrected chi connectivity index (χ4v) is 3.81. The Morgan fingerprint density at radius 2 is 1.90 bits per heavy atom. The molecule has 2 aromatic carbocycles. The molecule has 1 unspecified atom stereocenters. The van der Waals surface area contributed by atoms with Gasteiger partial charge in [-0.15, -0.1) is 0 Å². The van der Waals surface area contributed by atoms with Gasteiger partial charge in [0.15, 0.2) is 0 Å². The molecule has 0 spiro atoms. The van der Waals surface area contributed by atoms with E-state index < -0.39 is 0 Å². The molecule has 5 nitrogen and oxygen atoms in total. The van der Waals surface area contributed by atoms with Gasteiger partial charge in [-0.1, -0.05) is 42.5 Å². The number of benzene rings is 2. The Bertz CT molecular complexity index is 978. The lowest BCUT2D eigenvalue weighted by molar-refractivity contribution is -0.125. The zero-order valence-corrected chi connectivity index (χ0v) is 16.8. The van der Waals surface area contributed by atoms with E-state index >= 15 is 0 Å². The van der Waals surface area contributed by atoms with Gasteiger partial charge in [0.25, 0.3) is 0 Å². The van der Waals surface area contributed by atoms with Crippen LogP contribution in [0, 0.1) is 11.7 Å². The standard InChI is InChI=1S/C24H25FN4O/c25-21-10-8-18(9-11-21)12-13-26-24(30)20-7-4-14-29(16-20)23-15-22(27-17-28-23)19-5-2-1-3-6-19/h1-3,5-6,8-11,15,17,20H,4,7,12-14,16H2,(H,26,30). The highest BCUT2D eigenvalue weighted by molar-refractivity contribution is 5.79. The molecule has 0 saturated carbocycles. The first-order valence-electron chi connectivity index (χ1n) is 10.3. The predicted octanol–water partition coefficient (Wildman–Crippen LogP) is 3.86. The van der Waals surface area contributed by atoms with E-state index in [1.807, 2.05) is 36.4 Å². The van der Waals surface area contributed by atoms with Crippen molar-refractivity contribution in [3.8, 4) is 11.3 Å². The minimum atomic E-state index is -0.245. The largest absolute Gasteiger partial charge is 0.356 e. The number of piperidine rings is 1. The second-order valence-corrected chi connectivity index (χ2v) is 7.58. The van der Waals surface area contributed by atoms with Gasteiger partial charge in [0, 0.05) is 31.3 Å². The summed E-state index contributed by atoms with van der Waals surface area (Å²) in [6, 6.07) is 18.4. The summed E-state index contributed by atoms with van der Waals surface area (Å²) >= 11 is 0. The van der Waals surface area contributed by atoms with Crippen LogP contribution in [0.4, 0.5) is 10.2 Å². The molecule has 1 aliphatic rings. The van der Waals surface area contributed by atoms with Crippen LogP contribution in [-0.2, 0) is 11.2 Å². The van der Waals surface area contributed by atoms with Gasteiger partial charge in [-0.2, -0.15) is 0 Å². The van der Waals surface area contributed by atoms with Crippen molar-refractivity contribution in [2.75, 3.05) is 24.5 Å². The highest BCUT2D eigenvalue weighted by Gasteiger charge is 2.26. The van der Waals surface area contributed by atoms with Gasteiger partial charge in [0.2, 0.25) is 5.91 Å². The maximum absolute atomic E-state index is 13.0. The van der Waals surface area contributed by atoms with E-state index in [0.717, 1.165) is 42.0 Å². The Labute approximate surface area is 176 Å². The first-order chi connectivity index (χ1) is 14.7. The number of rotatable bonds is 6. The predicted molar refractivity (Wildman–Crippen MR) is 116 cm³/mol. The van der Waals surface area contributed by atoms with Crippen LogP contribution in [0.3, 0.4) is 0 Å². The van der Waals surface area contributed by atoms with Crippen molar-refractivity contribution < 1.29 is 9.18 Å². The summed E-state index contributed by atoms with van der Waals surface area (Å²) in [6.45, 7) is 2.07. The SMILES string of the molecule is O=C(NCCc1ccc(F)cc1)C1CCCN(c2cc(-c3ccccc3)ncn2)C1. The second-order valence-electron chi connectivity index (χ2n) is 7.58. The molecule has 1 saturated heterocycles. The van der Waals surface area contributed by atoms with Gasteiger partial charge in [0.05, 0.1) is 11.6 Å². The molecule has 3 aromatic rings. The number of halogens is 1. The lowest BCUT2D eigenvalue weighted by atomic mass is 9.97. The minimum Gasteiger partial charge on any atom is -0.356 e. The third-order valence-corrected chi connectivity index (χ3v) is 5.46. The summed E-state index contributed by atoms with van der Waals surface area (Å²) in [7, 11) is 0. The van der Waals surface area contributed by atoms with E-state index in [4.69, 9.17) is 0 Å². The zero-order chi connectivity index (χ0) is 20.8. The minimum absolute atomic E-state index is 0.0675. The van der Waals surface area contributed by atoms with Crippen LogP contribution in [0.2, 0.25) is 0 Å². The summed E-state index contributed by atoms with van der Waals surface area (Å²) in [4.78, 5) is 23.7. The molecule has 1 atom stereocenters. The number of hydrogen-bond acceptors (Lipinski definition) is 4. The van der Waals surface area contributed by atoms with E-state index in [0.29, 0.717) is 19.5 Å². The summed E-state index contributed by atoms with van der Waals surface area (Å²) in [5.74, 6) is 0.610. The van der Waals surface area contributed by atoms with Gasteiger partial charge < -0.3 is 10.2 Å². The third-order valence-electron chi connectivity index (χ3n) is 5.46. The molecule has 154 valence electrons. The molecule has 30 heavy (non-hydrogen) atoms. The average molecular weight is 404 g/mol. The molecule has 1 fully saturated rings. The molecule has 0 aliphatic carbocycles. The fraction of sp³-hybridized carbons (Fsp3) is 0.292. The lowest BCUT2D eigenvalue weighted by Crippen LogP contribution is -2.43. The van der Waals surface area contributed by atoms with Crippen LogP contribution in [0.5, 0.6) is 0 Å².